The highest BCUT2D eigenvalue weighted by atomic mass is 16.5. The topological polar surface area (TPSA) is 71.3 Å². The van der Waals surface area contributed by atoms with Crippen LogP contribution in [-0.2, 0) is 4.79 Å². The van der Waals surface area contributed by atoms with Crippen LogP contribution in [0.15, 0.2) is 18.2 Å². The molecular weight excluding hydrogens is 292 g/mol. The van der Waals surface area contributed by atoms with E-state index >= 15 is 0 Å². The maximum Gasteiger partial charge on any atom is 0.217 e. The lowest BCUT2D eigenvalue weighted by molar-refractivity contribution is -0.172. The van der Waals surface area contributed by atoms with Crippen LogP contribution in [0.1, 0.15) is 40.2 Å². The van der Waals surface area contributed by atoms with Gasteiger partial charge in [-0.05, 0) is 12.1 Å². The Morgan fingerprint density at radius 3 is 2.43 bits per heavy atom. The molecule has 1 saturated carbocycles. The molecule has 0 bridgehead atoms. The SMILES string of the molecule is [2H]N(C(C)=O)C1C(C)(C)C(Oc2ccc(C#N)c(OC)c2)C1(C)C. The monoisotopic (exact) mass is 317 g/mol. The zero-order valence-electron chi connectivity index (χ0n) is 15.5. The van der Waals surface area contributed by atoms with Crippen molar-refractivity contribution in [1.82, 2.24) is 5.31 Å². The van der Waals surface area contributed by atoms with Gasteiger partial charge in [0.15, 0.2) is 1.41 Å². The van der Waals surface area contributed by atoms with Gasteiger partial charge in [0.25, 0.3) is 0 Å². The van der Waals surface area contributed by atoms with E-state index in [4.69, 9.17) is 16.1 Å². The smallest absolute Gasteiger partial charge is 0.217 e. The number of methoxy groups -OCH3 is 1. The molecule has 23 heavy (non-hydrogen) atoms. The Bertz CT molecular complexity index is 678. The minimum atomic E-state index is -0.377. The predicted octanol–water partition coefficient (Wildman–Crippen LogP) is 2.88. The van der Waals surface area contributed by atoms with Crippen molar-refractivity contribution in [2.24, 2.45) is 10.8 Å². The molecule has 0 aromatic heterocycles. The normalized spacial score (nSPS) is 24.7. The summed E-state index contributed by atoms with van der Waals surface area (Å²) in [6.45, 7) is 9.40. The molecule has 1 aromatic rings. The first kappa shape index (κ1) is 15.7. The second kappa shape index (κ2) is 5.77. The van der Waals surface area contributed by atoms with E-state index < -0.39 is 0 Å². The van der Waals surface area contributed by atoms with E-state index in [-0.39, 0.29) is 28.9 Å². The molecular formula is C18H24N2O3. The summed E-state index contributed by atoms with van der Waals surface area (Å²) in [5, 5.41) is 10.1. The summed E-state index contributed by atoms with van der Waals surface area (Å²) in [6, 6.07) is 6.93. The third-order valence-corrected chi connectivity index (χ3v) is 4.62. The standard InChI is InChI=1S/C18H24N2O3/c1-11(21)20-15-17(2,3)16(18(15,4)5)23-13-8-7-12(10-19)14(9-13)22-6/h7-9,15-16H,1-6H3,(H,20,21)/i/hD. The molecule has 1 N–H and O–H groups in total. The van der Waals surface area contributed by atoms with E-state index in [1.54, 1.807) is 18.2 Å². The summed E-state index contributed by atoms with van der Waals surface area (Å²) in [7, 11) is 1.51. The van der Waals surface area contributed by atoms with Crippen LogP contribution in [0.25, 0.3) is 0 Å². The van der Waals surface area contributed by atoms with Gasteiger partial charge in [0, 0.05) is 29.9 Å². The number of nitrogens with zero attached hydrogens (tertiary/aromatic N) is 1. The first-order valence-electron chi connectivity index (χ1n) is 8.05. The second-order valence-corrected chi connectivity index (χ2v) is 7.17. The van der Waals surface area contributed by atoms with Crippen molar-refractivity contribution in [3.05, 3.63) is 23.8 Å². The molecule has 0 spiro atoms. The molecule has 1 aliphatic rings. The van der Waals surface area contributed by atoms with Gasteiger partial charge in [-0.3, -0.25) is 4.79 Å². The van der Waals surface area contributed by atoms with Crippen LogP contribution >= 0.6 is 0 Å². The Balaban J connectivity index is 2.28. The molecule has 124 valence electrons. The van der Waals surface area contributed by atoms with Crippen molar-refractivity contribution in [2.45, 2.75) is 46.8 Å². The van der Waals surface area contributed by atoms with E-state index in [0.29, 0.717) is 17.1 Å². The summed E-state index contributed by atoms with van der Waals surface area (Å²) in [5.41, 5.74) is -0.306. The number of nitriles is 1. The van der Waals surface area contributed by atoms with Gasteiger partial charge in [-0.1, -0.05) is 27.7 Å². The third-order valence-electron chi connectivity index (χ3n) is 4.62. The van der Waals surface area contributed by atoms with Crippen LogP contribution in [-0.4, -0.2) is 25.2 Å². The molecule has 1 aliphatic carbocycles. The predicted molar refractivity (Wildman–Crippen MR) is 87.3 cm³/mol. The van der Waals surface area contributed by atoms with E-state index in [9.17, 15) is 4.79 Å². The fourth-order valence-electron chi connectivity index (χ4n) is 3.90. The summed E-state index contributed by atoms with van der Waals surface area (Å²) in [6.07, 6.45) is -0.181. The molecule has 0 saturated heterocycles. The van der Waals surface area contributed by atoms with Gasteiger partial charge in [-0.25, -0.2) is 0 Å². The molecule has 2 rings (SSSR count). The number of ether oxygens (including phenoxy) is 2. The molecule has 5 heteroatoms. The van der Waals surface area contributed by atoms with Crippen molar-refractivity contribution in [2.75, 3.05) is 7.11 Å². The van der Waals surface area contributed by atoms with Crippen LogP contribution in [0.3, 0.4) is 0 Å². The van der Waals surface area contributed by atoms with E-state index in [0.717, 1.165) is 5.31 Å². The van der Waals surface area contributed by atoms with Gasteiger partial charge < -0.3 is 14.8 Å². The molecule has 1 amide bonds. The third kappa shape index (κ3) is 2.86. The molecule has 0 aliphatic heterocycles. The minimum absolute atomic E-state index is 0.181. The van der Waals surface area contributed by atoms with E-state index in [1.807, 2.05) is 27.7 Å². The quantitative estimate of drug-likeness (QED) is 0.927. The molecule has 0 atom stereocenters. The van der Waals surface area contributed by atoms with E-state index in [1.165, 1.54) is 14.0 Å². The molecule has 0 radical (unpaired) electrons. The van der Waals surface area contributed by atoms with Gasteiger partial charge in [-0.15, -0.1) is 0 Å². The van der Waals surface area contributed by atoms with Crippen molar-refractivity contribution in [3.63, 3.8) is 0 Å². The van der Waals surface area contributed by atoms with Gasteiger partial charge in [0.2, 0.25) is 5.91 Å². The number of carbonyl (C=O) groups excluding carboxylic acids is 1. The average molecular weight is 317 g/mol. The van der Waals surface area contributed by atoms with Crippen molar-refractivity contribution in [3.8, 4) is 17.6 Å². The van der Waals surface area contributed by atoms with E-state index in [2.05, 4.69) is 6.07 Å². The first-order chi connectivity index (χ1) is 11.1. The zero-order chi connectivity index (χ0) is 18.3. The lowest BCUT2D eigenvalue weighted by Gasteiger charge is -2.63. The van der Waals surface area contributed by atoms with Crippen molar-refractivity contribution in [1.29, 1.82) is 5.26 Å². The number of nitrogens with one attached hydrogen (secondary N) is 1. The minimum Gasteiger partial charge on any atom is -0.495 e. The van der Waals surface area contributed by atoms with Crippen LogP contribution in [0.2, 0.25) is 1.41 Å². The first-order valence-corrected chi connectivity index (χ1v) is 7.60. The summed E-state index contributed by atoms with van der Waals surface area (Å²) in [5.74, 6) is 0.793. The summed E-state index contributed by atoms with van der Waals surface area (Å²) in [4.78, 5) is 11.6. The van der Waals surface area contributed by atoms with Gasteiger partial charge in [0.05, 0.1) is 12.7 Å². The average Bonchev–Trinajstić information content (AvgIpc) is 2.51. The number of hydrogen-bond donors (Lipinski definition) is 1. The second-order valence-electron chi connectivity index (χ2n) is 7.17. The van der Waals surface area contributed by atoms with Crippen LogP contribution < -0.4 is 14.8 Å². The number of hydrogen-bond acceptors (Lipinski definition) is 4. The zero-order valence-corrected chi connectivity index (χ0v) is 14.5. The molecule has 1 aromatic carbocycles. The Kier molecular flexibility index (Phi) is 3.93. The Morgan fingerprint density at radius 1 is 1.35 bits per heavy atom. The highest BCUT2D eigenvalue weighted by Gasteiger charge is 2.63. The largest absolute Gasteiger partial charge is 0.495 e. The number of benzene rings is 1. The van der Waals surface area contributed by atoms with Crippen LogP contribution in [0.4, 0.5) is 0 Å². The number of rotatable bonds is 4. The Hall–Kier alpha value is -2.22. The molecule has 1 fully saturated rings. The van der Waals surface area contributed by atoms with Gasteiger partial charge >= 0.3 is 0 Å². The summed E-state index contributed by atoms with van der Waals surface area (Å²) >= 11 is 0. The maximum atomic E-state index is 11.6. The molecule has 5 nitrogen and oxygen atoms in total. The maximum absolute atomic E-state index is 11.6. The Labute approximate surface area is 139 Å². The fraction of sp³-hybridized carbons (Fsp3) is 0.556. The van der Waals surface area contributed by atoms with Crippen LogP contribution in [0.5, 0.6) is 11.5 Å². The summed E-state index contributed by atoms with van der Waals surface area (Å²) < 4.78 is 19.4. The lowest BCUT2D eigenvalue weighted by atomic mass is 9.49. The van der Waals surface area contributed by atoms with Gasteiger partial charge in [-0.2, -0.15) is 5.26 Å². The molecule has 0 heterocycles. The number of carbonyl (C=O) groups is 1. The highest BCUT2D eigenvalue weighted by molar-refractivity contribution is 5.73. The Morgan fingerprint density at radius 2 is 1.96 bits per heavy atom. The van der Waals surface area contributed by atoms with Crippen molar-refractivity contribution >= 4 is 5.91 Å². The molecule has 0 unspecified atom stereocenters. The van der Waals surface area contributed by atoms with Crippen molar-refractivity contribution < 1.29 is 15.7 Å². The van der Waals surface area contributed by atoms with Crippen LogP contribution in [0, 0.1) is 22.2 Å². The lowest BCUT2D eigenvalue weighted by Crippen LogP contribution is -2.74. The number of amides is 1. The highest BCUT2D eigenvalue weighted by Crippen LogP contribution is 2.55. The van der Waals surface area contributed by atoms with Gasteiger partial charge in [0.1, 0.15) is 23.7 Å². The fourth-order valence-corrected chi connectivity index (χ4v) is 3.90.